The lowest BCUT2D eigenvalue weighted by Crippen LogP contribution is -2.29. The van der Waals surface area contributed by atoms with Gasteiger partial charge in [-0.25, -0.2) is 4.98 Å². The first-order valence-corrected chi connectivity index (χ1v) is 5.87. The number of aromatic nitrogens is 1. The maximum absolute atomic E-state index is 12.7. The van der Waals surface area contributed by atoms with Crippen LogP contribution in [0.25, 0.3) is 5.57 Å². The van der Waals surface area contributed by atoms with E-state index >= 15 is 0 Å². The standard InChI is InChI=1S/C13H15FN2/c14-13-4-3-11(8-16-13)10-2-1-9-5-6-15-12(9)7-10/h2-4,8-9,12,15H,1,5-7H2. The summed E-state index contributed by atoms with van der Waals surface area (Å²) in [6, 6.07) is 3.87. The average Bonchev–Trinajstić information content (AvgIpc) is 2.77. The van der Waals surface area contributed by atoms with Gasteiger partial charge >= 0.3 is 0 Å². The number of allylic oxidation sites excluding steroid dienone is 1. The van der Waals surface area contributed by atoms with Crippen LogP contribution in [0.4, 0.5) is 4.39 Å². The van der Waals surface area contributed by atoms with Gasteiger partial charge in [0, 0.05) is 12.2 Å². The molecule has 1 aromatic heterocycles. The highest BCUT2D eigenvalue weighted by atomic mass is 19.1. The topological polar surface area (TPSA) is 24.9 Å². The average molecular weight is 218 g/mol. The van der Waals surface area contributed by atoms with Gasteiger partial charge in [0.2, 0.25) is 5.95 Å². The fraction of sp³-hybridized carbons (Fsp3) is 0.462. The molecule has 0 bridgehead atoms. The molecular weight excluding hydrogens is 203 g/mol. The molecular formula is C13H15FN2. The molecule has 2 unspecified atom stereocenters. The molecule has 1 aliphatic carbocycles. The Hall–Kier alpha value is -1.22. The Morgan fingerprint density at radius 3 is 3.12 bits per heavy atom. The van der Waals surface area contributed by atoms with Gasteiger partial charge in [-0.1, -0.05) is 6.08 Å². The summed E-state index contributed by atoms with van der Waals surface area (Å²) in [4.78, 5) is 3.71. The molecule has 3 rings (SSSR count). The van der Waals surface area contributed by atoms with Crippen molar-refractivity contribution in [2.45, 2.75) is 25.3 Å². The highest BCUT2D eigenvalue weighted by Crippen LogP contribution is 2.34. The van der Waals surface area contributed by atoms with E-state index in [4.69, 9.17) is 0 Å². The van der Waals surface area contributed by atoms with Crippen LogP contribution in [0.5, 0.6) is 0 Å². The summed E-state index contributed by atoms with van der Waals surface area (Å²) in [5, 5.41) is 3.53. The molecule has 0 amide bonds. The van der Waals surface area contributed by atoms with Gasteiger partial charge < -0.3 is 5.32 Å². The van der Waals surface area contributed by atoms with Crippen LogP contribution >= 0.6 is 0 Å². The van der Waals surface area contributed by atoms with Crippen molar-refractivity contribution in [2.75, 3.05) is 6.54 Å². The SMILES string of the molecule is Fc1ccc(C2=CCC3CCNC3C2)cn1. The summed E-state index contributed by atoms with van der Waals surface area (Å²) in [6.07, 6.45) is 7.41. The van der Waals surface area contributed by atoms with Crippen LogP contribution in [0.3, 0.4) is 0 Å². The van der Waals surface area contributed by atoms with Gasteiger partial charge in [0.1, 0.15) is 0 Å². The smallest absolute Gasteiger partial charge is 0.212 e. The molecule has 0 aromatic carbocycles. The zero-order chi connectivity index (χ0) is 11.0. The van der Waals surface area contributed by atoms with Crippen molar-refractivity contribution in [3.8, 4) is 0 Å². The van der Waals surface area contributed by atoms with Gasteiger partial charge in [0.15, 0.2) is 0 Å². The summed E-state index contributed by atoms with van der Waals surface area (Å²) in [5.74, 6) is 0.397. The minimum Gasteiger partial charge on any atom is -0.313 e. The predicted molar refractivity (Wildman–Crippen MR) is 61.3 cm³/mol. The monoisotopic (exact) mass is 218 g/mol. The van der Waals surface area contributed by atoms with E-state index < -0.39 is 5.95 Å². The van der Waals surface area contributed by atoms with Gasteiger partial charge in [-0.3, -0.25) is 0 Å². The van der Waals surface area contributed by atoms with Gasteiger partial charge in [0.05, 0.1) is 0 Å². The number of fused-ring (bicyclic) bond motifs is 1. The Labute approximate surface area is 94.6 Å². The van der Waals surface area contributed by atoms with E-state index in [1.165, 1.54) is 18.1 Å². The highest BCUT2D eigenvalue weighted by molar-refractivity contribution is 5.66. The third-order valence-corrected chi connectivity index (χ3v) is 3.70. The molecule has 0 spiro atoms. The first-order valence-electron chi connectivity index (χ1n) is 5.87. The Bertz CT molecular complexity index is 410. The molecule has 2 heterocycles. The first-order chi connectivity index (χ1) is 7.83. The summed E-state index contributed by atoms with van der Waals surface area (Å²) >= 11 is 0. The number of hydrogen-bond acceptors (Lipinski definition) is 2. The number of halogens is 1. The Balaban J connectivity index is 1.83. The van der Waals surface area contributed by atoms with Gasteiger partial charge in [0.25, 0.3) is 0 Å². The van der Waals surface area contributed by atoms with Crippen LogP contribution in [-0.2, 0) is 0 Å². The van der Waals surface area contributed by atoms with E-state index in [2.05, 4.69) is 16.4 Å². The Kier molecular flexibility index (Phi) is 2.48. The van der Waals surface area contributed by atoms with Crippen molar-refractivity contribution in [1.29, 1.82) is 0 Å². The minimum absolute atomic E-state index is 0.406. The molecule has 2 nitrogen and oxygen atoms in total. The number of nitrogens with one attached hydrogen (secondary N) is 1. The van der Waals surface area contributed by atoms with Crippen molar-refractivity contribution < 1.29 is 4.39 Å². The third kappa shape index (κ3) is 1.76. The molecule has 0 radical (unpaired) electrons. The fourth-order valence-electron chi connectivity index (χ4n) is 2.76. The molecule has 2 aliphatic rings. The van der Waals surface area contributed by atoms with Crippen molar-refractivity contribution in [2.24, 2.45) is 5.92 Å². The summed E-state index contributed by atoms with van der Waals surface area (Å²) < 4.78 is 12.7. The molecule has 16 heavy (non-hydrogen) atoms. The van der Waals surface area contributed by atoms with E-state index in [1.54, 1.807) is 6.20 Å². The second-order valence-corrected chi connectivity index (χ2v) is 4.65. The number of nitrogens with zero attached hydrogens (tertiary/aromatic N) is 1. The highest BCUT2D eigenvalue weighted by Gasteiger charge is 2.29. The Morgan fingerprint density at radius 1 is 1.38 bits per heavy atom. The quantitative estimate of drug-likeness (QED) is 0.732. The number of rotatable bonds is 1. The number of hydrogen-bond donors (Lipinski definition) is 1. The molecule has 1 aromatic rings. The van der Waals surface area contributed by atoms with Crippen LogP contribution < -0.4 is 5.32 Å². The van der Waals surface area contributed by atoms with Crippen LogP contribution in [0.1, 0.15) is 24.8 Å². The van der Waals surface area contributed by atoms with Crippen LogP contribution in [-0.4, -0.2) is 17.6 Å². The van der Waals surface area contributed by atoms with Gasteiger partial charge in [-0.15, -0.1) is 0 Å². The second kappa shape index (κ2) is 3.98. The molecule has 84 valence electrons. The summed E-state index contributed by atoms with van der Waals surface area (Å²) in [6.45, 7) is 1.14. The molecule has 1 saturated heterocycles. The first kappa shape index (κ1) is 9.97. The third-order valence-electron chi connectivity index (χ3n) is 3.70. The van der Waals surface area contributed by atoms with E-state index in [0.29, 0.717) is 6.04 Å². The van der Waals surface area contributed by atoms with Crippen molar-refractivity contribution in [3.63, 3.8) is 0 Å². The maximum Gasteiger partial charge on any atom is 0.212 e. The zero-order valence-corrected chi connectivity index (χ0v) is 9.12. The van der Waals surface area contributed by atoms with Crippen molar-refractivity contribution in [3.05, 3.63) is 35.9 Å². The van der Waals surface area contributed by atoms with Gasteiger partial charge in [-0.2, -0.15) is 4.39 Å². The molecule has 1 fully saturated rings. The largest absolute Gasteiger partial charge is 0.313 e. The summed E-state index contributed by atoms with van der Waals surface area (Å²) in [5.41, 5.74) is 2.37. The van der Waals surface area contributed by atoms with Crippen LogP contribution in [0.15, 0.2) is 24.4 Å². The maximum atomic E-state index is 12.7. The summed E-state index contributed by atoms with van der Waals surface area (Å²) in [7, 11) is 0. The minimum atomic E-state index is -0.406. The lowest BCUT2D eigenvalue weighted by molar-refractivity contribution is 0.445. The zero-order valence-electron chi connectivity index (χ0n) is 9.12. The molecule has 1 N–H and O–H groups in total. The molecule has 0 saturated carbocycles. The van der Waals surface area contributed by atoms with Crippen molar-refractivity contribution >= 4 is 5.57 Å². The normalized spacial score (nSPS) is 28.7. The van der Waals surface area contributed by atoms with E-state index in [-0.39, 0.29) is 0 Å². The Morgan fingerprint density at radius 2 is 2.31 bits per heavy atom. The molecule has 1 aliphatic heterocycles. The van der Waals surface area contributed by atoms with E-state index in [0.717, 1.165) is 30.9 Å². The van der Waals surface area contributed by atoms with Crippen LogP contribution in [0.2, 0.25) is 0 Å². The lowest BCUT2D eigenvalue weighted by atomic mass is 9.84. The molecule has 3 heteroatoms. The van der Waals surface area contributed by atoms with E-state index in [1.807, 2.05) is 6.07 Å². The second-order valence-electron chi connectivity index (χ2n) is 4.65. The van der Waals surface area contributed by atoms with Crippen molar-refractivity contribution in [1.82, 2.24) is 10.3 Å². The van der Waals surface area contributed by atoms with Crippen LogP contribution in [0, 0.1) is 11.9 Å². The molecule has 2 atom stereocenters. The lowest BCUT2D eigenvalue weighted by Gasteiger charge is -2.25. The van der Waals surface area contributed by atoms with E-state index in [9.17, 15) is 4.39 Å². The predicted octanol–water partition coefficient (Wildman–Crippen LogP) is 2.38. The van der Waals surface area contributed by atoms with Gasteiger partial charge in [-0.05, 0) is 55.0 Å². The fourth-order valence-corrected chi connectivity index (χ4v) is 2.76. The number of pyridine rings is 1.